The number of carboxylic acid groups (broad SMARTS) is 2. The molecule has 9 atom stereocenters. The number of carbonyl (C=O) groups is 2. The largest absolute Gasteiger partial charge is 0.516 e. The summed E-state index contributed by atoms with van der Waals surface area (Å²) in [4.78, 5) is 24.1. The number of sulfonamides is 1. The second-order valence-corrected chi connectivity index (χ2v) is 22.2. The third kappa shape index (κ3) is 6.17. The molecule has 4 fully saturated rings. The van der Waals surface area contributed by atoms with Crippen molar-refractivity contribution >= 4 is 27.6 Å². The number of hydrogen-bond donors (Lipinski definition) is 3. The highest BCUT2D eigenvalue weighted by molar-refractivity contribution is 7.93. The average Bonchev–Trinajstić information content (AvgIpc) is 3.53. The number of fused-ring (bicyclic) bond motifs is 7. The number of carboxylic acids is 2. The van der Waals surface area contributed by atoms with Crippen molar-refractivity contribution in [3.05, 3.63) is 65.8 Å². The van der Waals surface area contributed by atoms with Crippen LogP contribution in [0.4, 0.5) is 18.9 Å². The van der Waals surface area contributed by atoms with Gasteiger partial charge in [0.2, 0.25) is 0 Å². The topological polar surface area (TPSA) is 124 Å². The lowest BCUT2D eigenvalue weighted by Crippen LogP contribution is -2.68. The second-order valence-electron chi connectivity index (χ2n) is 20.3. The predicted octanol–water partition coefficient (Wildman–Crippen LogP) is 10.1. The van der Waals surface area contributed by atoms with Gasteiger partial charge in [-0.1, -0.05) is 77.1 Å². The number of alkyl halides is 3. The highest BCUT2D eigenvalue weighted by Gasteiger charge is 2.70. The van der Waals surface area contributed by atoms with Crippen LogP contribution < -0.4 is 9.62 Å². The molecule has 7 rings (SSSR count). The molecule has 58 heavy (non-hydrogen) atoms. The van der Waals surface area contributed by atoms with Crippen LogP contribution in [0.25, 0.3) is 0 Å². The molecule has 320 valence electrons. The quantitative estimate of drug-likeness (QED) is 0.158. The standard InChI is InChI=1S/C46H63F3N2O6S/c1-29(2)32-17-24-45(50-27-28-51(31-11-9-8-10-12-31)58(56,57)46(47,48)49)26-25-42(6)34(37(32)45)13-14-36-41(5)20-18-33(40(3,4)35(41)19-21-43(36,42)7)30-15-22-44(23-16-30,38(52)53)39(54)55/h8-12,15,18,32,34-37,50H,1,13-14,16-17,19-28H2,2-7H3,(H,52,53)(H,54,55)/t32-,34+,35-,36+,37+,41-,42+,43+,45-/m0/s1. The third-order valence-electron chi connectivity index (χ3n) is 17.7. The van der Waals surface area contributed by atoms with Gasteiger partial charge in [0.25, 0.3) is 0 Å². The summed E-state index contributed by atoms with van der Waals surface area (Å²) in [6.07, 6.45) is 13.6. The van der Waals surface area contributed by atoms with Crippen LogP contribution in [0.1, 0.15) is 119 Å². The Balaban J connectivity index is 1.16. The Kier molecular flexibility index (Phi) is 10.5. The number of allylic oxidation sites excluding steroid dienone is 5. The van der Waals surface area contributed by atoms with Gasteiger partial charge in [0, 0.05) is 18.6 Å². The highest BCUT2D eigenvalue weighted by Crippen LogP contribution is 2.76. The summed E-state index contributed by atoms with van der Waals surface area (Å²) in [7, 11) is -5.61. The van der Waals surface area contributed by atoms with Gasteiger partial charge in [0.15, 0.2) is 5.41 Å². The van der Waals surface area contributed by atoms with Crippen molar-refractivity contribution in [1.82, 2.24) is 5.32 Å². The Morgan fingerprint density at radius 2 is 1.53 bits per heavy atom. The van der Waals surface area contributed by atoms with E-state index in [2.05, 4.69) is 59.5 Å². The molecule has 0 spiro atoms. The molecule has 0 heterocycles. The molecule has 0 aliphatic heterocycles. The van der Waals surface area contributed by atoms with Crippen LogP contribution in [0.2, 0.25) is 0 Å². The van der Waals surface area contributed by atoms with E-state index in [1.807, 2.05) is 6.08 Å². The molecule has 1 aromatic rings. The Bertz CT molecular complexity index is 2000. The SMILES string of the molecule is C=C(C)[C@@H]1CC[C@]2(NCCN(c3ccccc3)S(=O)(=O)C(F)(F)F)CC[C@]3(C)[C@H](CC[C@@H]4[C@@]5(C)CC=C(C6=CCC(C(=O)O)(C(=O)O)CC6)C(C)(C)[C@@H]5CC[C@]43C)[C@@H]12. The van der Waals surface area contributed by atoms with Gasteiger partial charge in [-0.25, -0.2) is 0 Å². The molecule has 0 amide bonds. The van der Waals surface area contributed by atoms with E-state index >= 15 is 0 Å². The van der Waals surface area contributed by atoms with Gasteiger partial charge < -0.3 is 15.5 Å². The average molecular weight is 829 g/mol. The summed E-state index contributed by atoms with van der Waals surface area (Å²) >= 11 is 0. The zero-order valence-corrected chi connectivity index (χ0v) is 35.9. The van der Waals surface area contributed by atoms with Crippen molar-refractivity contribution in [3.63, 3.8) is 0 Å². The molecule has 6 aliphatic rings. The lowest BCUT2D eigenvalue weighted by molar-refractivity contribution is -0.221. The molecule has 0 unspecified atom stereocenters. The van der Waals surface area contributed by atoms with Crippen LogP contribution in [0.3, 0.4) is 0 Å². The van der Waals surface area contributed by atoms with Crippen molar-refractivity contribution in [2.75, 3.05) is 17.4 Å². The molecule has 6 aliphatic carbocycles. The Hall–Kier alpha value is -3.12. The number of hydrogen-bond acceptors (Lipinski definition) is 5. The summed E-state index contributed by atoms with van der Waals surface area (Å²) < 4.78 is 68.1. The van der Waals surface area contributed by atoms with Crippen LogP contribution in [0.15, 0.2) is 65.8 Å². The van der Waals surface area contributed by atoms with Gasteiger partial charge in [-0.3, -0.25) is 13.9 Å². The summed E-state index contributed by atoms with van der Waals surface area (Å²) in [5.74, 6) is -0.841. The van der Waals surface area contributed by atoms with Gasteiger partial charge in [0.05, 0.1) is 5.69 Å². The first-order valence-electron chi connectivity index (χ1n) is 21.3. The first-order chi connectivity index (χ1) is 26.9. The summed E-state index contributed by atoms with van der Waals surface area (Å²) in [6, 6.07) is 7.55. The van der Waals surface area contributed by atoms with E-state index in [0.29, 0.717) is 28.5 Å². The minimum absolute atomic E-state index is 0.00445. The maximum Gasteiger partial charge on any atom is 0.516 e. The fraction of sp³-hybridized carbons (Fsp3) is 0.696. The van der Waals surface area contributed by atoms with Crippen molar-refractivity contribution < 1.29 is 41.4 Å². The van der Waals surface area contributed by atoms with E-state index in [4.69, 9.17) is 0 Å². The second kappa shape index (κ2) is 14.2. The summed E-state index contributed by atoms with van der Waals surface area (Å²) in [5, 5.41) is 23.5. The van der Waals surface area contributed by atoms with E-state index in [9.17, 15) is 41.4 Å². The number of aliphatic carboxylic acids is 2. The minimum atomic E-state index is -5.61. The van der Waals surface area contributed by atoms with Gasteiger partial charge in [-0.05, 0) is 159 Å². The fourth-order valence-electron chi connectivity index (χ4n) is 14.7. The zero-order valence-electron chi connectivity index (χ0n) is 35.1. The van der Waals surface area contributed by atoms with Crippen LogP contribution in [0.5, 0.6) is 0 Å². The van der Waals surface area contributed by atoms with Crippen molar-refractivity contribution in [2.24, 2.45) is 56.7 Å². The number of halogens is 3. The van der Waals surface area contributed by atoms with Gasteiger partial charge in [0.1, 0.15) is 0 Å². The molecular weight excluding hydrogens is 766 g/mol. The predicted molar refractivity (Wildman–Crippen MR) is 219 cm³/mol. The molecule has 12 heteroatoms. The van der Waals surface area contributed by atoms with Gasteiger partial charge in [-0.15, -0.1) is 0 Å². The molecule has 4 saturated carbocycles. The number of anilines is 1. The van der Waals surface area contributed by atoms with Crippen molar-refractivity contribution in [2.45, 2.75) is 130 Å². The van der Waals surface area contributed by atoms with E-state index in [-0.39, 0.29) is 70.7 Å². The van der Waals surface area contributed by atoms with Crippen LogP contribution in [-0.4, -0.2) is 54.7 Å². The molecule has 0 bridgehead atoms. The number of nitrogens with one attached hydrogen (secondary N) is 1. The number of nitrogens with zero attached hydrogens (tertiary/aromatic N) is 1. The van der Waals surface area contributed by atoms with Crippen molar-refractivity contribution in [1.29, 1.82) is 0 Å². The minimum Gasteiger partial charge on any atom is -0.480 e. The zero-order chi connectivity index (χ0) is 42.5. The molecule has 8 nitrogen and oxygen atoms in total. The summed E-state index contributed by atoms with van der Waals surface area (Å²) in [5.41, 5.74) is -4.17. The molecule has 0 aromatic heterocycles. The first kappa shape index (κ1) is 43.0. The Morgan fingerprint density at radius 1 is 0.862 bits per heavy atom. The first-order valence-corrected chi connectivity index (χ1v) is 22.8. The molecule has 1 aromatic carbocycles. The van der Waals surface area contributed by atoms with Gasteiger partial charge >= 0.3 is 27.5 Å². The van der Waals surface area contributed by atoms with Gasteiger partial charge in [-0.2, -0.15) is 21.6 Å². The monoisotopic (exact) mass is 828 g/mol. The third-order valence-corrected chi connectivity index (χ3v) is 19.3. The van der Waals surface area contributed by atoms with E-state index in [1.54, 1.807) is 18.2 Å². The normalized spacial score (nSPS) is 37.8. The summed E-state index contributed by atoms with van der Waals surface area (Å²) in [6.45, 7) is 18.6. The Morgan fingerprint density at radius 3 is 2.12 bits per heavy atom. The lowest BCUT2D eigenvalue weighted by Gasteiger charge is -2.72. The van der Waals surface area contributed by atoms with Crippen LogP contribution >= 0.6 is 0 Å². The van der Waals surface area contributed by atoms with E-state index < -0.39 is 32.9 Å². The molecule has 0 saturated heterocycles. The lowest BCUT2D eigenvalue weighted by atomic mass is 9.33. The number of para-hydroxylation sites is 1. The molecule has 3 N–H and O–H groups in total. The van der Waals surface area contributed by atoms with Crippen LogP contribution in [0, 0.1) is 56.7 Å². The molecule has 0 radical (unpaired) electrons. The van der Waals surface area contributed by atoms with E-state index in [1.165, 1.54) is 17.7 Å². The number of rotatable bonds is 10. The van der Waals surface area contributed by atoms with E-state index in [0.717, 1.165) is 68.9 Å². The number of benzene rings is 1. The maximum absolute atomic E-state index is 14.0. The molecular formula is C46H63F3N2O6S. The highest BCUT2D eigenvalue weighted by atomic mass is 32.2. The Labute approximate surface area is 342 Å². The van der Waals surface area contributed by atoms with Crippen LogP contribution in [-0.2, 0) is 19.6 Å². The maximum atomic E-state index is 14.0. The smallest absolute Gasteiger partial charge is 0.480 e. The fourth-order valence-corrected chi connectivity index (χ4v) is 15.7. The van der Waals surface area contributed by atoms with Crippen molar-refractivity contribution in [3.8, 4) is 0 Å².